The average molecular weight is 245 g/mol. The molecule has 1 N–H and O–H groups in total. The molecule has 0 aromatic heterocycles. The molecule has 0 aliphatic carbocycles. The zero-order valence-electron chi connectivity index (χ0n) is 12.3. The third-order valence-electron chi connectivity index (χ3n) is 2.29. The number of ether oxygens (including phenoxy) is 2. The van der Waals surface area contributed by atoms with Gasteiger partial charge in [-0.2, -0.15) is 0 Å². The minimum atomic E-state index is 0.347. The maximum Gasteiger partial charge on any atom is 0.0701 e. The molecule has 0 saturated carbocycles. The SMILES string of the molecule is CC(C)CCOCCOCCNCC(C)(C)C. The van der Waals surface area contributed by atoms with E-state index in [4.69, 9.17) is 9.47 Å². The quantitative estimate of drug-likeness (QED) is 0.600. The van der Waals surface area contributed by atoms with Crippen LogP contribution in [0.3, 0.4) is 0 Å². The van der Waals surface area contributed by atoms with Gasteiger partial charge in [0.2, 0.25) is 0 Å². The Kier molecular flexibility index (Phi) is 9.79. The van der Waals surface area contributed by atoms with Gasteiger partial charge in [0, 0.05) is 19.7 Å². The first-order valence-electron chi connectivity index (χ1n) is 6.78. The number of nitrogens with one attached hydrogen (secondary N) is 1. The van der Waals surface area contributed by atoms with Crippen molar-refractivity contribution < 1.29 is 9.47 Å². The van der Waals surface area contributed by atoms with Crippen molar-refractivity contribution in [3.63, 3.8) is 0 Å². The molecule has 3 heteroatoms. The van der Waals surface area contributed by atoms with Crippen LogP contribution in [0.2, 0.25) is 0 Å². The molecular formula is C14H31NO2. The molecule has 0 amide bonds. The van der Waals surface area contributed by atoms with Gasteiger partial charge >= 0.3 is 0 Å². The monoisotopic (exact) mass is 245 g/mol. The van der Waals surface area contributed by atoms with Gasteiger partial charge in [-0.15, -0.1) is 0 Å². The fourth-order valence-electron chi connectivity index (χ4n) is 1.25. The molecule has 0 aliphatic rings. The normalized spacial score (nSPS) is 12.4. The van der Waals surface area contributed by atoms with Crippen LogP contribution in [0.25, 0.3) is 0 Å². The standard InChI is InChI=1S/C14H31NO2/c1-13(2)6-8-16-10-11-17-9-7-15-12-14(3,4)5/h13,15H,6-12H2,1-5H3. The largest absolute Gasteiger partial charge is 0.379 e. The molecule has 104 valence electrons. The molecular weight excluding hydrogens is 214 g/mol. The van der Waals surface area contributed by atoms with Gasteiger partial charge in [0.1, 0.15) is 0 Å². The Bertz CT molecular complexity index is 164. The van der Waals surface area contributed by atoms with Crippen molar-refractivity contribution in [3.8, 4) is 0 Å². The summed E-state index contributed by atoms with van der Waals surface area (Å²) in [5, 5.41) is 3.38. The first-order chi connectivity index (χ1) is 7.92. The highest BCUT2D eigenvalue weighted by Gasteiger charge is 2.07. The van der Waals surface area contributed by atoms with Gasteiger partial charge in [0.05, 0.1) is 19.8 Å². The molecule has 0 radical (unpaired) electrons. The molecule has 0 aromatic rings. The van der Waals surface area contributed by atoms with Crippen LogP contribution in [0.5, 0.6) is 0 Å². The highest BCUT2D eigenvalue weighted by atomic mass is 16.5. The summed E-state index contributed by atoms with van der Waals surface area (Å²) in [5.74, 6) is 0.720. The van der Waals surface area contributed by atoms with Gasteiger partial charge < -0.3 is 14.8 Å². The lowest BCUT2D eigenvalue weighted by molar-refractivity contribution is 0.0446. The smallest absolute Gasteiger partial charge is 0.0701 e. The first-order valence-corrected chi connectivity index (χ1v) is 6.78. The molecule has 0 saturated heterocycles. The zero-order chi connectivity index (χ0) is 13.1. The van der Waals surface area contributed by atoms with Crippen LogP contribution in [0.1, 0.15) is 41.0 Å². The lowest BCUT2D eigenvalue weighted by atomic mass is 9.97. The molecule has 0 bridgehead atoms. The van der Waals surface area contributed by atoms with Crippen LogP contribution in [-0.2, 0) is 9.47 Å². The van der Waals surface area contributed by atoms with Crippen LogP contribution < -0.4 is 5.32 Å². The Morgan fingerprint density at radius 1 is 0.941 bits per heavy atom. The van der Waals surface area contributed by atoms with Crippen molar-refractivity contribution in [1.29, 1.82) is 0 Å². The summed E-state index contributed by atoms with van der Waals surface area (Å²) >= 11 is 0. The van der Waals surface area contributed by atoms with Crippen LogP contribution >= 0.6 is 0 Å². The number of hydrogen-bond donors (Lipinski definition) is 1. The van der Waals surface area contributed by atoms with Crippen molar-refractivity contribution in [2.75, 3.05) is 39.5 Å². The van der Waals surface area contributed by atoms with Gasteiger partial charge in [-0.3, -0.25) is 0 Å². The van der Waals surface area contributed by atoms with E-state index in [0.29, 0.717) is 18.6 Å². The zero-order valence-corrected chi connectivity index (χ0v) is 12.3. The first kappa shape index (κ1) is 16.9. The fraction of sp³-hybridized carbons (Fsp3) is 1.00. The minimum Gasteiger partial charge on any atom is -0.379 e. The summed E-state index contributed by atoms with van der Waals surface area (Å²) in [6.45, 7) is 16.1. The topological polar surface area (TPSA) is 30.5 Å². The van der Waals surface area contributed by atoms with Crippen molar-refractivity contribution in [2.24, 2.45) is 11.3 Å². The van der Waals surface area contributed by atoms with E-state index in [9.17, 15) is 0 Å². The molecule has 0 fully saturated rings. The van der Waals surface area contributed by atoms with Crippen molar-refractivity contribution in [2.45, 2.75) is 41.0 Å². The molecule has 0 heterocycles. The van der Waals surface area contributed by atoms with Gasteiger partial charge in [0.15, 0.2) is 0 Å². The maximum absolute atomic E-state index is 5.47. The van der Waals surface area contributed by atoms with Crippen molar-refractivity contribution >= 4 is 0 Å². The molecule has 0 spiro atoms. The maximum atomic E-state index is 5.47. The van der Waals surface area contributed by atoms with Gasteiger partial charge in [-0.25, -0.2) is 0 Å². The van der Waals surface area contributed by atoms with E-state index < -0.39 is 0 Å². The second kappa shape index (κ2) is 9.86. The highest BCUT2D eigenvalue weighted by molar-refractivity contribution is 4.64. The lowest BCUT2D eigenvalue weighted by Crippen LogP contribution is -2.29. The molecule has 0 rings (SSSR count). The van der Waals surface area contributed by atoms with Crippen LogP contribution in [-0.4, -0.2) is 39.5 Å². The van der Waals surface area contributed by atoms with Crippen molar-refractivity contribution in [3.05, 3.63) is 0 Å². The number of rotatable bonds is 10. The highest BCUT2D eigenvalue weighted by Crippen LogP contribution is 2.09. The van der Waals surface area contributed by atoms with Crippen LogP contribution in [0.4, 0.5) is 0 Å². The lowest BCUT2D eigenvalue weighted by Gasteiger charge is -2.18. The summed E-state index contributed by atoms with van der Waals surface area (Å²) in [4.78, 5) is 0. The predicted molar refractivity (Wildman–Crippen MR) is 73.4 cm³/mol. The summed E-state index contributed by atoms with van der Waals surface area (Å²) in [5.41, 5.74) is 0.347. The molecule has 0 unspecified atom stereocenters. The molecule has 0 atom stereocenters. The third kappa shape index (κ3) is 15.9. The second-order valence-corrected chi connectivity index (χ2v) is 6.14. The Morgan fingerprint density at radius 2 is 1.53 bits per heavy atom. The Hall–Kier alpha value is -0.120. The fourth-order valence-corrected chi connectivity index (χ4v) is 1.25. The van der Waals surface area contributed by atoms with Crippen LogP contribution in [0.15, 0.2) is 0 Å². The van der Waals surface area contributed by atoms with Crippen LogP contribution in [0, 0.1) is 11.3 Å². The van der Waals surface area contributed by atoms with E-state index in [2.05, 4.69) is 39.9 Å². The van der Waals surface area contributed by atoms with E-state index in [1.54, 1.807) is 0 Å². The summed E-state index contributed by atoms with van der Waals surface area (Å²) in [6.07, 6.45) is 1.13. The predicted octanol–water partition coefficient (Wildman–Crippen LogP) is 2.70. The Labute approximate surface area is 107 Å². The van der Waals surface area contributed by atoms with E-state index in [1.165, 1.54) is 0 Å². The summed E-state index contributed by atoms with van der Waals surface area (Å²) in [7, 11) is 0. The van der Waals surface area contributed by atoms with E-state index in [1.807, 2.05) is 0 Å². The Morgan fingerprint density at radius 3 is 2.06 bits per heavy atom. The minimum absolute atomic E-state index is 0.347. The van der Waals surface area contributed by atoms with E-state index >= 15 is 0 Å². The second-order valence-electron chi connectivity index (χ2n) is 6.14. The molecule has 0 aromatic carbocycles. The van der Waals surface area contributed by atoms with E-state index in [-0.39, 0.29) is 0 Å². The Balaban J connectivity index is 3.04. The van der Waals surface area contributed by atoms with Gasteiger partial charge in [0.25, 0.3) is 0 Å². The molecule has 3 nitrogen and oxygen atoms in total. The molecule has 0 aliphatic heterocycles. The average Bonchev–Trinajstić information content (AvgIpc) is 2.18. The summed E-state index contributed by atoms with van der Waals surface area (Å²) < 4.78 is 10.9. The molecule has 17 heavy (non-hydrogen) atoms. The summed E-state index contributed by atoms with van der Waals surface area (Å²) in [6, 6.07) is 0. The van der Waals surface area contributed by atoms with E-state index in [0.717, 1.165) is 38.6 Å². The number of hydrogen-bond acceptors (Lipinski definition) is 3. The third-order valence-corrected chi connectivity index (χ3v) is 2.29. The van der Waals surface area contributed by atoms with Crippen molar-refractivity contribution in [1.82, 2.24) is 5.32 Å². The van der Waals surface area contributed by atoms with Gasteiger partial charge in [-0.05, 0) is 17.8 Å². The van der Waals surface area contributed by atoms with Gasteiger partial charge in [-0.1, -0.05) is 34.6 Å².